The van der Waals surface area contributed by atoms with Crippen molar-refractivity contribution in [3.8, 4) is 0 Å². The van der Waals surface area contributed by atoms with Crippen LogP contribution in [0.2, 0.25) is 0 Å². The summed E-state index contributed by atoms with van der Waals surface area (Å²) < 4.78 is 0. The molecular weight excluding hydrogens is 148 g/mol. The highest BCUT2D eigenvalue weighted by atomic mass is 16.1. The molecular formula is C11H14O. The lowest BCUT2D eigenvalue weighted by atomic mass is 9.80. The molecule has 2 aliphatic rings. The summed E-state index contributed by atoms with van der Waals surface area (Å²) in [4.78, 5) is 11.1. The van der Waals surface area contributed by atoms with Crippen molar-refractivity contribution in [3.63, 3.8) is 0 Å². The second-order valence-corrected chi connectivity index (χ2v) is 3.91. The Balaban J connectivity index is 2.15. The number of hydrogen-bond acceptors (Lipinski definition) is 1. The van der Waals surface area contributed by atoms with Gasteiger partial charge in [0, 0.05) is 6.42 Å². The van der Waals surface area contributed by atoms with Gasteiger partial charge in [0.25, 0.3) is 0 Å². The Morgan fingerprint density at radius 1 is 1.33 bits per heavy atom. The smallest absolute Gasteiger partial charge is 0.156 e. The third kappa shape index (κ3) is 1.36. The Morgan fingerprint density at radius 3 is 3.00 bits per heavy atom. The number of hydrogen-bond donors (Lipinski definition) is 0. The van der Waals surface area contributed by atoms with Gasteiger partial charge in [-0.05, 0) is 37.2 Å². The van der Waals surface area contributed by atoms with Crippen LogP contribution < -0.4 is 0 Å². The lowest BCUT2D eigenvalue weighted by molar-refractivity contribution is -0.115. The molecule has 1 spiro atoms. The molecule has 0 fully saturated rings. The molecule has 0 N–H and O–H groups in total. The van der Waals surface area contributed by atoms with Gasteiger partial charge in [-0.1, -0.05) is 18.2 Å². The maximum atomic E-state index is 11.1. The predicted molar refractivity (Wildman–Crippen MR) is 48.8 cm³/mol. The quantitative estimate of drug-likeness (QED) is 0.500. The van der Waals surface area contributed by atoms with Gasteiger partial charge < -0.3 is 0 Å². The lowest BCUT2D eigenvalue weighted by Gasteiger charge is -2.23. The molecule has 0 heterocycles. The van der Waals surface area contributed by atoms with E-state index in [4.69, 9.17) is 0 Å². The van der Waals surface area contributed by atoms with Gasteiger partial charge in [-0.3, -0.25) is 4.79 Å². The second-order valence-electron chi connectivity index (χ2n) is 3.91. The lowest BCUT2D eigenvalue weighted by Crippen LogP contribution is -2.14. The van der Waals surface area contributed by atoms with Crippen molar-refractivity contribution in [2.45, 2.75) is 32.1 Å². The summed E-state index contributed by atoms with van der Waals surface area (Å²) in [5, 5.41) is 0. The second kappa shape index (κ2) is 2.89. The van der Waals surface area contributed by atoms with Gasteiger partial charge in [-0.25, -0.2) is 0 Å². The molecule has 1 heteroatoms. The third-order valence-electron chi connectivity index (χ3n) is 2.89. The predicted octanol–water partition coefficient (Wildman–Crippen LogP) is 2.63. The number of ketones is 1. The first kappa shape index (κ1) is 7.78. The molecule has 2 aliphatic carbocycles. The summed E-state index contributed by atoms with van der Waals surface area (Å²) in [6.07, 6.45) is 13.8. The van der Waals surface area contributed by atoms with E-state index >= 15 is 0 Å². The van der Waals surface area contributed by atoms with Crippen molar-refractivity contribution in [1.29, 1.82) is 0 Å². The largest absolute Gasteiger partial charge is 0.295 e. The highest BCUT2D eigenvalue weighted by Crippen LogP contribution is 2.40. The maximum Gasteiger partial charge on any atom is 0.156 e. The molecule has 0 aliphatic heterocycles. The Morgan fingerprint density at radius 2 is 2.25 bits per heavy atom. The van der Waals surface area contributed by atoms with Gasteiger partial charge in [0.05, 0.1) is 0 Å². The minimum Gasteiger partial charge on any atom is -0.295 e. The molecule has 0 bridgehead atoms. The molecule has 0 unspecified atom stereocenters. The number of carbonyl (C=O) groups is 1. The Hall–Kier alpha value is -0.850. The number of allylic oxidation sites excluding steroid dienone is 4. The zero-order chi connectivity index (χ0) is 8.44. The molecule has 0 saturated carbocycles. The summed E-state index contributed by atoms with van der Waals surface area (Å²) in [5.74, 6) is 0.310. The van der Waals surface area contributed by atoms with E-state index in [9.17, 15) is 4.79 Å². The molecule has 0 aromatic heterocycles. The van der Waals surface area contributed by atoms with Crippen molar-refractivity contribution < 1.29 is 4.79 Å². The van der Waals surface area contributed by atoms with Gasteiger partial charge in [0.15, 0.2) is 5.78 Å². The van der Waals surface area contributed by atoms with Crippen molar-refractivity contribution in [3.05, 3.63) is 24.3 Å². The van der Waals surface area contributed by atoms with Crippen molar-refractivity contribution in [2.24, 2.45) is 5.41 Å². The molecule has 0 amide bonds. The van der Waals surface area contributed by atoms with Gasteiger partial charge in [-0.15, -0.1) is 0 Å². The van der Waals surface area contributed by atoms with Crippen LogP contribution in [0.4, 0.5) is 0 Å². The van der Waals surface area contributed by atoms with Crippen LogP contribution in [-0.4, -0.2) is 5.78 Å². The first-order chi connectivity index (χ1) is 5.81. The number of rotatable bonds is 0. The monoisotopic (exact) mass is 162 g/mol. The van der Waals surface area contributed by atoms with Crippen LogP contribution in [0.25, 0.3) is 0 Å². The molecule has 1 nitrogen and oxygen atoms in total. The van der Waals surface area contributed by atoms with Gasteiger partial charge >= 0.3 is 0 Å². The normalized spacial score (nSPS) is 34.5. The topological polar surface area (TPSA) is 17.1 Å². The zero-order valence-corrected chi connectivity index (χ0v) is 7.25. The molecule has 0 aromatic rings. The molecule has 1 atom stereocenters. The van der Waals surface area contributed by atoms with E-state index in [1.807, 2.05) is 0 Å². The van der Waals surface area contributed by atoms with Crippen LogP contribution in [0.1, 0.15) is 32.1 Å². The summed E-state index contributed by atoms with van der Waals surface area (Å²) >= 11 is 0. The highest BCUT2D eigenvalue weighted by Gasteiger charge is 2.32. The average molecular weight is 162 g/mol. The fourth-order valence-corrected chi connectivity index (χ4v) is 2.16. The Labute approximate surface area is 73.2 Å². The SMILES string of the molecule is O=C1C=C[C@@]2(CC=CCCC2)C1. The molecule has 0 saturated heterocycles. The van der Waals surface area contributed by atoms with E-state index in [0.717, 1.165) is 12.8 Å². The van der Waals surface area contributed by atoms with Gasteiger partial charge in [0.1, 0.15) is 0 Å². The van der Waals surface area contributed by atoms with Crippen LogP contribution in [0.5, 0.6) is 0 Å². The first-order valence-electron chi connectivity index (χ1n) is 4.68. The number of carbonyl (C=O) groups excluding carboxylic acids is 1. The summed E-state index contributed by atoms with van der Waals surface area (Å²) in [6, 6.07) is 0. The fraction of sp³-hybridized carbons (Fsp3) is 0.545. The molecule has 2 rings (SSSR count). The summed E-state index contributed by atoms with van der Waals surface area (Å²) in [5.41, 5.74) is 0.212. The van der Waals surface area contributed by atoms with Crippen LogP contribution in [-0.2, 0) is 4.79 Å². The van der Waals surface area contributed by atoms with Crippen LogP contribution in [0, 0.1) is 5.41 Å². The van der Waals surface area contributed by atoms with Gasteiger partial charge in [-0.2, -0.15) is 0 Å². The maximum absolute atomic E-state index is 11.1. The van der Waals surface area contributed by atoms with E-state index in [2.05, 4.69) is 18.2 Å². The molecule has 0 radical (unpaired) electrons. The van der Waals surface area contributed by atoms with Crippen LogP contribution >= 0.6 is 0 Å². The third-order valence-corrected chi connectivity index (χ3v) is 2.89. The van der Waals surface area contributed by atoms with E-state index < -0.39 is 0 Å². The van der Waals surface area contributed by atoms with E-state index in [-0.39, 0.29) is 5.41 Å². The standard InChI is InChI=1S/C11H14O/c12-10-5-8-11(9-10)6-3-1-2-4-7-11/h1,3,5,8H,2,4,6-7,9H2/t11-/m0/s1. The highest BCUT2D eigenvalue weighted by molar-refractivity contribution is 5.93. The Bertz CT molecular complexity index is 250. The summed E-state index contributed by atoms with van der Waals surface area (Å²) in [7, 11) is 0. The molecule has 12 heavy (non-hydrogen) atoms. The van der Waals surface area contributed by atoms with E-state index in [0.29, 0.717) is 5.78 Å². The van der Waals surface area contributed by atoms with E-state index in [1.54, 1.807) is 6.08 Å². The van der Waals surface area contributed by atoms with Crippen molar-refractivity contribution in [1.82, 2.24) is 0 Å². The van der Waals surface area contributed by atoms with E-state index in [1.165, 1.54) is 19.3 Å². The average Bonchev–Trinajstić information content (AvgIpc) is 2.30. The molecule has 64 valence electrons. The van der Waals surface area contributed by atoms with Crippen LogP contribution in [0.15, 0.2) is 24.3 Å². The van der Waals surface area contributed by atoms with Crippen molar-refractivity contribution >= 4 is 5.78 Å². The fourth-order valence-electron chi connectivity index (χ4n) is 2.16. The molecule has 0 aromatic carbocycles. The Kier molecular flexibility index (Phi) is 1.87. The minimum atomic E-state index is 0.212. The minimum absolute atomic E-state index is 0.212. The van der Waals surface area contributed by atoms with Crippen LogP contribution in [0.3, 0.4) is 0 Å². The van der Waals surface area contributed by atoms with Gasteiger partial charge in [0.2, 0.25) is 0 Å². The zero-order valence-electron chi connectivity index (χ0n) is 7.25. The first-order valence-corrected chi connectivity index (χ1v) is 4.68. The summed E-state index contributed by atoms with van der Waals surface area (Å²) in [6.45, 7) is 0. The van der Waals surface area contributed by atoms with Crippen molar-refractivity contribution in [2.75, 3.05) is 0 Å².